The fraction of sp³-hybridized carbons (Fsp3) is 0.478. The van der Waals surface area contributed by atoms with Gasteiger partial charge < -0.3 is 25.6 Å². The molecule has 2 aromatic rings. The van der Waals surface area contributed by atoms with Crippen molar-refractivity contribution < 1.29 is 14.3 Å². The van der Waals surface area contributed by atoms with E-state index in [2.05, 4.69) is 15.3 Å². The summed E-state index contributed by atoms with van der Waals surface area (Å²) in [5.74, 6) is 1.47. The molecule has 172 valence electrons. The number of hydrogen-bond acceptors (Lipinski definition) is 8. The van der Waals surface area contributed by atoms with Crippen LogP contribution in [0, 0.1) is 0 Å². The molecule has 3 rings (SSSR count). The average Bonchev–Trinajstić information content (AvgIpc) is 3.32. The maximum Gasteiger partial charge on any atom is 0.415 e. The highest BCUT2D eigenvalue weighted by atomic mass is 16.6. The van der Waals surface area contributed by atoms with Crippen LogP contribution in [0.3, 0.4) is 0 Å². The van der Waals surface area contributed by atoms with Gasteiger partial charge in [-0.15, -0.1) is 0 Å². The average molecular weight is 441 g/mol. The molecule has 0 radical (unpaired) electrons. The van der Waals surface area contributed by atoms with Crippen LogP contribution in [0.4, 0.5) is 22.2 Å². The number of anilines is 3. The van der Waals surface area contributed by atoms with E-state index in [1.807, 2.05) is 30.9 Å². The Morgan fingerprint density at radius 2 is 1.84 bits per heavy atom. The van der Waals surface area contributed by atoms with Crippen molar-refractivity contribution in [1.82, 2.24) is 14.9 Å². The monoisotopic (exact) mass is 440 g/mol. The summed E-state index contributed by atoms with van der Waals surface area (Å²) in [5, 5.41) is 3.18. The quantitative estimate of drug-likeness (QED) is 0.611. The molecule has 0 bridgehead atoms. The number of Topliss-reactive ketones (excluding diaryl/α,β-unsaturated/α-hetero) is 1. The number of rotatable bonds is 9. The molecular formula is C23H32N6O3. The maximum atomic E-state index is 12.3. The van der Waals surface area contributed by atoms with Gasteiger partial charge in [-0.05, 0) is 57.7 Å². The number of hydrogen-bond donors (Lipinski definition) is 2. The van der Waals surface area contributed by atoms with E-state index in [9.17, 15) is 9.59 Å². The molecule has 1 aromatic carbocycles. The second kappa shape index (κ2) is 10.8. The summed E-state index contributed by atoms with van der Waals surface area (Å²) in [5.41, 5.74) is 7.37. The van der Waals surface area contributed by atoms with E-state index in [4.69, 9.17) is 10.5 Å². The fourth-order valence-electron chi connectivity index (χ4n) is 3.61. The molecule has 9 heteroatoms. The van der Waals surface area contributed by atoms with E-state index >= 15 is 0 Å². The van der Waals surface area contributed by atoms with E-state index in [0.29, 0.717) is 29.6 Å². The first-order valence-corrected chi connectivity index (χ1v) is 11.1. The summed E-state index contributed by atoms with van der Waals surface area (Å²) < 4.78 is 5.44. The Bertz CT molecular complexity index is 924. The normalized spacial score (nSPS) is 14.2. The Morgan fingerprint density at radius 3 is 2.44 bits per heavy atom. The van der Waals surface area contributed by atoms with Crippen LogP contribution in [0.25, 0.3) is 0 Å². The number of nitrogens with one attached hydrogen (secondary N) is 1. The molecule has 1 fully saturated rings. The van der Waals surface area contributed by atoms with Crippen molar-refractivity contribution in [1.29, 1.82) is 0 Å². The molecule has 9 nitrogen and oxygen atoms in total. The van der Waals surface area contributed by atoms with Crippen molar-refractivity contribution in [2.45, 2.75) is 46.1 Å². The van der Waals surface area contributed by atoms with Crippen LogP contribution >= 0.6 is 0 Å². The Hall–Kier alpha value is -3.36. The lowest BCUT2D eigenvalue weighted by Gasteiger charge is -2.22. The zero-order valence-corrected chi connectivity index (χ0v) is 19.0. The summed E-state index contributed by atoms with van der Waals surface area (Å²) in [6, 6.07) is 6.70. The first kappa shape index (κ1) is 23.3. The predicted octanol–water partition coefficient (Wildman–Crippen LogP) is 3.11. The minimum Gasteiger partial charge on any atom is -0.410 e. The maximum absolute atomic E-state index is 12.3. The first-order valence-electron chi connectivity index (χ1n) is 11.1. The minimum atomic E-state index is -0.505. The van der Waals surface area contributed by atoms with Gasteiger partial charge in [0.1, 0.15) is 5.75 Å². The van der Waals surface area contributed by atoms with Gasteiger partial charge in [0.2, 0.25) is 5.95 Å². The lowest BCUT2D eigenvalue weighted by atomic mass is 10.0. The zero-order chi connectivity index (χ0) is 23.1. The Kier molecular flexibility index (Phi) is 7.86. The summed E-state index contributed by atoms with van der Waals surface area (Å²) in [4.78, 5) is 37.0. The number of benzene rings is 1. The van der Waals surface area contributed by atoms with Gasteiger partial charge in [0.05, 0.1) is 17.9 Å². The summed E-state index contributed by atoms with van der Waals surface area (Å²) in [6.07, 6.45) is 3.71. The van der Waals surface area contributed by atoms with Crippen molar-refractivity contribution >= 4 is 29.3 Å². The molecule has 0 aliphatic carbocycles. The molecule has 3 N–H and O–H groups in total. The Morgan fingerprint density at radius 1 is 1.19 bits per heavy atom. The smallest absolute Gasteiger partial charge is 0.410 e. The van der Waals surface area contributed by atoms with Crippen molar-refractivity contribution in [3.05, 3.63) is 36.0 Å². The van der Waals surface area contributed by atoms with Gasteiger partial charge in [-0.25, -0.2) is 9.78 Å². The lowest BCUT2D eigenvalue weighted by molar-refractivity contribution is -0.117. The highest BCUT2D eigenvalue weighted by Crippen LogP contribution is 2.21. The largest absolute Gasteiger partial charge is 0.415 e. The standard InChI is InChI=1S/C23H32N6O3/c1-4-28(5-2)22-25-15-19(24)21(27-22)26-20(16(3)30)14-17-8-10-18(11-9-17)32-23(31)29-12-6-7-13-29/h8-11,15,20H,4-7,12-14,24H2,1-3H3,(H,25,26,27)/t20-/m0/s1. The SMILES string of the molecule is CCN(CC)c1ncc(N)c(N[C@@H](Cc2ccc(OC(=O)N3CCCC3)cc2)C(C)=O)n1. The number of ketones is 1. The number of nitrogens with two attached hydrogens (primary N) is 1. The number of nitrogen functional groups attached to an aromatic ring is 1. The third-order valence-electron chi connectivity index (χ3n) is 5.58. The number of amides is 1. The summed E-state index contributed by atoms with van der Waals surface area (Å²) in [7, 11) is 0. The minimum absolute atomic E-state index is 0.0306. The number of ether oxygens (including phenoxy) is 1. The van der Waals surface area contributed by atoms with Crippen LogP contribution in [0.1, 0.15) is 39.2 Å². The predicted molar refractivity (Wildman–Crippen MR) is 125 cm³/mol. The molecule has 1 atom stereocenters. The third kappa shape index (κ3) is 5.87. The molecule has 1 aliphatic heterocycles. The van der Waals surface area contributed by atoms with E-state index < -0.39 is 6.04 Å². The second-order valence-electron chi connectivity index (χ2n) is 7.86. The van der Waals surface area contributed by atoms with Gasteiger partial charge in [0, 0.05) is 26.2 Å². The molecule has 0 saturated carbocycles. The Balaban J connectivity index is 1.67. The number of carbonyl (C=O) groups excluding carboxylic acids is 2. The Labute approximate surface area is 189 Å². The molecule has 1 amide bonds. The molecule has 1 aromatic heterocycles. The number of likely N-dealkylation sites (tertiary alicyclic amines) is 1. The lowest BCUT2D eigenvalue weighted by Crippen LogP contribution is -2.31. The van der Waals surface area contributed by atoms with Crippen LogP contribution in [0.5, 0.6) is 5.75 Å². The van der Waals surface area contributed by atoms with Crippen LogP contribution in [0.2, 0.25) is 0 Å². The van der Waals surface area contributed by atoms with Crippen molar-refractivity contribution in [3.63, 3.8) is 0 Å². The van der Waals surface area contributed by atoms with Gasteiger partial charge in [-0.1, -0.05) is 12.1 Å². The van der Waals surface area contributed by atoms with Gasteiger partial charge >= 0.3 is 6.09 Å². The first-order chi connectivity index (χ1) is 15.4. The highest BCUT2D eigenvalue weighted by molar-refractivity contribution is 5.85. The van der Waals surface area contributed by atoms with Crippen LogP contribution in [-0.4, -0.2) is 59.0 Å². The van der Waals surface area contributed by atoms with Crippen LogP contribution < -0.4 is 20.7 Å². The summed E-state index contributed by atoms with van der Waals surface area (Å²) >= 11 is 0. The molecule has 0 spiro atoms. The number of carbonyl (C=O) groups is 2. The van der Waals surface area contributed by atoms with E-state index in [-0.39, 0.29) is 11.9 Å². The molecular weight excluding hydrogens is 408 g/mol. The molecule has 0 unspecified atom stereocenters. The van der Waals surface area contributed by atoms with Crippen LogP contribution in [0.15, 0.2) is 30.5 Å². The van der Waals surface area contributed by atoms with E-state index in [0.717, 1.165) is 44.6 Å². The van der Waals surface area contributed by atoms with Gasteiger partial charge in [0.15, 0.2) is 11.6 Å². The van der Waals surface area contributed by atoms with Crippen molar-refractivity contribution in [2.24, 2.45) is 0 Å². The zero-order valence-electron chi connectivity index (χ0n) is 19.0. The van der Waals surface area contributed by atoms with E-state index in [1.165, 1.54) is 6.92 Å². The highest BCUT2D eigenvalue weighted by Gasteiger charge is 2.21. The number of nitrogens with zero attached hydrogens (tertiary/aromatic N) is 4. The van der Waals surface area contributed by atoms with Gasteiger partial charge in [-0.3, -0.25) is 4.79 Å². The van der Waals surface area contributed by atoms with Crippen LogP contribution in [-0.2, 0) is 11.2 Å². The second-order valence-corrected chi connectivity index (χ2v) is 7.86. The van der Waals surface area contributed by atoms with Crippen molar-refractivity contribution in [3.8, 4) is 5.75 Å². The molecule has 2 heterocycles. The topological polar surface area (TPSA) is 114 Å². The molecule has 1 aliphatic rings. The molecule has 32 heavy (non-hydrogen) atoms. The number of aromatic nitrogens is 2. The third-order valence-corrected chi connectivity index (χ3v) is 5.58. The molecule has 1 saturated heterocycles. The fourth-order valence-corrected chi connectivity index (χ4v) is 3.61. The van der Waals surface area contributed by atoms with E-state index in [1.54, 1.807) is 23.2 Å². The van der Waals surface area contributed by atoms with Crippen molar-refractivity contribution in [2.75, 3.05) is 42.1 Å². The van der Waals surface area contributed by atoms with Gasteiger partial charge in [0.25, 0.3) is 0 Å². The van der Waals surface area contributed by atoms with Gasteiger partial charge in [-0.2, -0.15) is 4.98 Å². The summed E-state index contributed by atoms with van der Waals surface area (Å²) in [6.45, 7) is 8.61.